The first-order chi connectivity index (χ1) is 15.2. The lowest BCUT2D eigenvalue weighted by Crippen LogP contribution is -2.54. The van der Waals surface area contributed by atoms with Crippen molar-refractivity contribution in [1.82, 2.24) is 35.2 Å². The molecular formula is C21H33IN8O2. The van der Waals surface area contributed by atoms with Gasteiger partial charge in [-0.25, -0.2) is 4.98 Å². The minimum Gasteiger partial charge on any atom is -0.461 e. The number of likely N-dealkylation sites (tertiary alicyclic amines) is 1. The lowest BCUT2D eigenvalue weighted by Gasteiger charge is -2.36. The van der Waals surface area contributed by atoms with E-state index in [4.69, 9.17) is 4.42 Å². The maximum atomic E-state index is 12.6. The number of hydrogen-bond donors (Lipinski definition) is 2. The van der Waals surface area contributed by atoms with Gasteiger partial charge in [0.05, 0.1) is 19.4 Å². The molecule has 176 valence electrons. The predicted molar refractivity (Wildman–Crippen MR) is 133 cm³/mol. The Labute approximate surface area is 205 Å². The van der Waals surface area contributed by atoms with Crippen LogP contribution in [0.15, 0.2) is 27.8 Å². The van der Waals surface area contributed by atoms with Crippen molar-refractivity contribution in [3.8, 4) is 11.6 Å². The molecule has 4 rings (SSSR count). The SMILES string of the molecule is CN=C(NCc1nc(-c2ccco2)n[nH]1)N1CCN(CC(=O)N2CCCCCC2)CC1.I. The molecule has 2 aromatic rings. The van der Waals surface area contributed by atoms with Gasteiger partial charge in [-0.3, -0.25) is 19.8 Å². The van der Waals surface area contributed by atoms with E-state index < -0.39 is 0 Å². The fourth-order valence-corrected chi connectivity index (χ4v) is 4.11. The van der Waals surface area contributed by atoms with Crippen molar-refractivity contribution in [2.24, 2.45) is 4.99 Å². The summed E-state index contributed by atoms with van der Waals surface area (Å²) in [6.07, 6.45) is 6.36. The zero-order valence-electron chi connectivity index (χ0n) is 18.6. The number of piperazine rings is 1. The van der Waals surface area contributed by atoms with E-state index in [2.05, 4.69) is 35.3 Å². The van der Waals surface area contributed by atoms with Crippen LogP contribution in [0, 0.1) is 0 Å². The monoisotopic (exact) mass is 556 g/mol. The van der Waals surface area contributed by atoms with E-state index in [1.807, 2.05) is 17.0 Å². The highest BCUT2D eigenvalue weighted by atomic mass is 127. The van der Waals surface area contributed by atoms with Gasteiger partial charge in [-0.1, -0.05) is 12.8 Å². The Kier molecular flexibility index (Phi) is 9.33. The number of aromatic amines is 1. The van der Waals surface area contributed by atoms with E-state index >= 15 is 0 Å². The van der Waals surface area contributed by atoms with E-state index in [0.29, 0.717) is 30.5 Å². The topological polar surface area (TPSA) is 106 Å². The van der Waals surface area contributed by atoms with Gasteiger partial charge >= 0.3 is 0 Å². The molecule has 0 saturated carbocycles. The lowest BCUT2D eigenvalue weighted by atomic mass is 10.2. The quantitative estimate of drug-likeness (QED) is 0.329. The Morgan fingerprint density at radius 2 is 1.88 bits per heavy atom. The number of furan rings is 1. The van der Waals surface area contributed by atoms with Crippen molar-refractivity contribution in [2.45, 2.75) is 32.2 Å². The second-order valence-electron chi connectivity index (χ2n) is 8.04. The van der Waals surface area contributed by atoms with Crippen LogP contribution >= 0.6 is 24.0 Å². The number of halogens is 1. The van der Waals surface area contributed by atoms with Crippen LogP contribution in [-0.4, -0.2) is 94.6 Å². The Balaban J connectivity index is 0.00000289. The number of hydrogen-bond acceptors (Lipinski definition) is 6. The van der Waals surface area contributed by atoms with Crippen LogP contribution in [0.25, 0.3) is 11.6 Å². The maximum absolute atomic E-state index is 12.6. The normalized spacial score (nSPS) is 18.2. The Bertz CT molecular complexity index is 853. The number of nitrogens with zero attached hydrogens (tertiary/aromatic N) is 6. The Morgan fingerprint density at radius 1 is 1.12 bits per heavy atom. The first kappa shape index (κ1) is 24.5. The zero-order valence-corrected chi connectivity index (χ0v) is 21.0. The zero-order chi connectivity index (χ0) is 21.5. The van der Waals surface area contributed by atoms with Gasteiger partial charge in [0.15, 0.2) is 11.7 Å². The van der Waals surface area contributed by atoms with Gasteiger partial charge in [-0.2, -0.15) is 0 Å². The average molecular weight is 556 g/mol. The smallest absolute Gasteiger partial charge is 0.236 e. The number of guanidine groups is 1. The predicted octanol–water partition coefficient (Wildman–Crippen LogP) is 1.78. The van der Waals surface area contributed by atoms with Gasteiger partial charge < -0.3 is 19.5 Å². The van der Waals surface area contributed by atoms with Crippen LogP contribution in [0.4, 0.5) is 0 Å². The van der Waals surface area contributed by atoms with Crippen LogP contribution in [0.1, 0.15) is 31.5 Å². The highest BCUT2D eigenvalue weighted by molar-refractivity contribution is 14.0. The molecule has 32 heavy (non-hydrogen) atoms. The van der Waals surface area contributed by atoms with E-state index in [9.17, 15) is 4.79 Å². The second kappa shape index (κ2) is 12.2. The van der Waals surface area contributed by atoms with Crippen LogP contribution in [0.2, 0.25) is 0 Å². The molecule has 0 unspecified atom stereocenters. The molecule has 0 aromatic carbocycles. The van der Waals surface area contributed by atoms with Gasteiger partial charge in [0, 0.05) is 46.3 Å². The minimum absolute atomic E-state index is 0. The molecule has 0 atom stereocenters. The molecule has 0 aliphatic carbocycles. The molecule has 2 aliphatic heterocycles. The van der Waals surface area contributed by atoms with Crippen molar-refractivity contribution in [2.75, 3.05) is 52.9 Å². The summed E-state index contributed by atoms with van der Waals surface area (Å²) in [4.78, 5) is 28.0. The molecule has 0 spiro atoms. The number of aromatic nitrogens is 3. The number of carbonyl (C=O) groups excluding carboxylic acids is 1. The van der Waals surface area contributed by atoms with Crippen molar-refractivity contribution < 1.29 is 9.21 Å². The number of amides is 1. The third kappa shape index (κ3) is 6.44. The lowest BCUT2D eigenvalue weighted by molar-refractivity contribution is -0.132. The number of aliphatic imine (C=N–C) groups is 1. The first-order valence-corrected chi connectivity index (χ1v) is 11.1. The van der Waals surface area contributed by atoms with Gasteiger partial charge in [-0.05, 0) is 25.0 Å². The fraction of sp³-hybridized carbons (Fsp3) is 0.619. The van der Waals surface area contributed by atoms with E-state index in [1.165, 1.54) is 12.8 Å². The Hall–Kier alpha value is -2.15. The molecule has 2 N–H and O–H groups in total. The first-order valence-electron chi connectivity index (χ1n) is 11.1. The van der Waals surface area contributed by atoms with Gasteiger partial charge in [0.1, 0.15) is 5.82 Å². The Morgan fingerprint density at radius 3 is 2.53 bits per heavy atom. The third-order valence-electron chi connectivity index (χ3n) is 5.89. The van der Waals surface area contributed by atoms with E-state index in [-0.39, 0.29) is 29.9 Å². The highest BCUT2D eigenvalue weighted by Gasteiger charge is 2.24. The molecule has 10 nitrogen and oxygen atoms in total. The van der Waals surface area contributed by atoms with Crippen molar-refractivity contribution in [3.05, 3.63) is 24.2 Å². The van der Waals surface area contributed by atoms with Crippen LogP contribution in [0.3, 0.4) is 0 Å². The summed E-state index contributed by atoms with van der Waals surface area (Å²) in [5.74, 6) is 3.00. The van der Waals surface area contributed by atoms with Crippen molar-refractivity contribution in [1.29, 1.82) is 0 Å². The summed E-state index contributed by atoms with van der Waals surface area (Å²) in [7, 11) is 1.78. The molecule has 0 radical (unpaired) electrons. The summed E-state index contributed by atoms with van der Waals surface area (Å²) < 4.78 is 5.33. The summed E-state index contributed by atoms with van der Waals surface area (Å²) in [6.45, 7) is 6.22. The van der Waals surface area contributed by atoms with Crippen LogP contribution in [-0.2, 0) is 11.3 Å². The van der Waals surface area contributed by atoms with Crippen molar-refractivity contribution >= 4 is 35.8 Å². The summed E-state index contributed by atoms with van der Waals surface area (Å²) >= 11 is 0. The molecule has 2 saturated heterocycles. The van der Waals surface area contributed by atoms with Gasteiger partial charge in [-0.15, -0.1) is 29.1 Å². The third-order valence-corrected chi connectivity index (χ3v) is 5.89. The molecule has 0 bridgehead atoms. The largest absolute Gasteiger partial charge is 0.461 e. The summed E-state index contributed by atoms with van der Waals surface area (Å²) in [5, 5.41) is 10.5. The van der Waals surface area contributed by atoms with E-state index in [1.54, 1.807) is 13.3 Å². The molecular weight excluding hydrogens is 523 g/mol. The summed E-state index contributed by atoms with van der Waals surface area (Å²) in [5.41, 5.74) is 0. The van der Waals surface area contributed by atoms with Gasteiger partial charge in [0.2, 0.25) is 11.7 Å². The fourth-order valence-electron chi connectivity index (χ4n) is 4.11. The maximum Gasteiger partial charge on any atom is 0.236 e. The number of carbonyl (C=O) groups is 1. The molecule has 2 aromatic heterocycles. The highest BCUT2D eigenvalue weighted by Crippen LogP contribution is 2.14. The second-order valence-corrected chi connectivity index (χ2v) is 8.04. The van der Waals surface area contributed by atoms with Crippen LogP contribution < -0.4 is 5.32 Å². The number of H-pyrrole nitrogens is 1. The molecule has 4 heterocycles. The molecule has 2 fully saturated rings. The minimum atomic E-state index is 0. The van der Waals surface area contributed by atoms with Gasteiger partial charge in [0.25, 0.3) is 0 Å². The molecule has 1 amide bonds. The number of rotatable bonds is 5. The standard InChI is InChI=1S/C21H32N8O2.HI/c1-22-21(23-15-18-24-20(26-25-18)17-7-6-14-31-17)29-12-10-27(11-13-29)16-19(30)28-8-4-2-3-5-9-28;/h6-7,14H,2-5,8-13,15-16H2,1H3,(H,22,23)(H,24,25,26);1H. The van der Waals surface area contributed by atoms with Crippen molar-refractivity contribution in [3.63, 3.8) is 0 Å². The molecule has 2 aliphatic rings. The average Bonchev–Trinajstić information content (AvgIpc) is 3.41. The van der Waals surface area contributed by atoms with E-state index in [0.717, 1.165) is 58.1 Å². The summed E-state index contributed by atoms with van der Waals surface area (Å²) in [6, 6.07) is 3.64. The number of nitrogens with one attached hydrogen (secondary N) is 2. The molecule has 11 heteroatoms. The van der Waals surface area contributed by atoms with Crippen LogP contribution in [0.5, 0.6) is 0 Å².